The lowest BCUT2D eigenvalue weighted by Gasteiger charge is -2.14. The van der Waals surface area contributed by atoms with Crippen molar-refractivity contribution in [2.24, 2.45) is 0 Å². The molecule has 0 aliphatic rings. The third-order valence-corrected chi connectivity index (χ3v) is 2.19. The van der Waals surface area contributed by atoms with Gasteiger partial charge in [0.1, 0.15) is 11.6 Å². The van der Waals surface area contributed by atoms with E-state index in [2.05, 4.69) is 0 Å². The van der Waals surface area contributed by atoms with Crippen LogP contribution in [0.1, 0.15) is 17.9 Å². The number of benzene rings is 1. The monoisotopic (exact) mass is 230 g/mol. The minimum Gasteiger partial charge on any atom is -0.481 e. The van der Waals surface area contributed by atoms with Crippen LogP contribution in [0.25, 0.3) is 0 Å². The number of carboxylic acids is 1. The van der Waals surface area contributed by atoms with Gasteiger partial charge in [0.15, 0.2) is 0 Å². The summed E-state index contributed by atoms with van der Waals surface area (Å²) in [5.74, 6) is -3.09. The molecular weight excluding hydrogens is 218 g/mol. The second-order valence-electron chi connectivity index (χ2n) is 3.42. The Morgan fingerprint density at radius 2 is 2.19 bits per heavy atom. The molecule has 0 saturated heterocycles. The van der Waals surface area contributed by atoms with Crippen molar-refractivity contribution in [2.45, 2.75) is 12.3 Å². The van der Waals surface area contributed by atoms with Crippen LogP contribution in [0, 0.1) is 11.6 Å². The van der Waals surface area contributed by atoms with E-state index in [9.17, 15) is 13.6 Å². The zero-order chi connectivity index (χ0) is 12.1. The first kappa shape index (κ1) is 12.6. The Labute approximate surface area is 91.7 Å². The van der Waals surface area contributed by atoms with E-state index in [1.165, 1.54) is 13.2 Å². The lowest BCUT2D eigenvalue weighted by atomic mass is 9.96. The van der Waals surface area contributed by atoms with E-state index in [1.807, 2.05) is 0 Å². The molecule has 0 aromatic heterocycles. The van der Waals surface area contributed by atoms with E-state index in [0.717, 1.165) is 12.1 Å². The molecular formula is C11H12F2O3. The maximum absolute atomic E-state index is 13.4. The van der Waals surface area contributed by atoms with Crippen molar-refractivity contribution in [1.29, 1.82) is 0 Å². The van der Waals surface area contributed by atoms with Crippen molar-refractivity contribution < 1.29 is 23.4 Å². The normalized spacial score (nSPS) is 12.4. The third kappa shape index (κ3) is 3.27. The van der Waals surface area contributed by atoms with E-state index in [4.69, 9.17) is 9.84 Å². The first-order valence-electron chi connectivity index (χ1n) is 4.70. The number of halogens is 2. The minimum absolute atomic E-state index is 0.0782. The Bertz CT molecular complexity index is 379. The molecule has 0 heterocycles. The van der Waals surface area contributed by atoms with Crippen LogP contribution in [0.2, 0.25) is 0 Å². The summed E-state index contributed by atoms with van der Waals surface area (Å²) in [6.07, 6.45) is -0.254. The van der Waals surface area contributed by atoms with E-state index in [1.54, 1.807) is 0 Å². The molecule has 88 valence electrons. The molecule has 1 N–H and O–H groups in total. The highest BCUT2D eigenvalue weighted by atomic mass is 19.1. The second kappa shape index (κ2) is 5.55. The molecule has 16 heavy (non-hydrogen) atoms. The first-order chi connectivity index (χ1) is 7.54. The van der Waals surface area contributed by atoms with Gasteiger partial charge in [-0.1, -0.05) is 6.07 Å². The summed E-state index contributed by atoms with van der Waals surface area (Å²) in [4.78, 5) is 10.6. The predicted octanol–water partition coefficient (Wildman–Crippen LogP) is 2.17. The number of carbonyl (C=O) groups is 1. The summed E-state index contributed by atoms with van der Waals surface area (Å²) in [6, 6.07) is 3.08. The molecule has 1 atom stereocenters. The number of hydrogen-bond acceptors (Lipinski definition) is 2. The van der Waals surface area contributed by atoms with Gasteiger partial charge in [0.2, 0.25) is 0 Å². The molecule has 0 fully saturated rings. The third-order valence-electron chi connectivity index (χ3n) is 2.19. The van der Waals surface area contributed by atoms with Crippen LogP contribution >= 0.6 is 0 Å². The zero-order valence-electron chi connectivity index (χ0n) is 8.74. The van der Waals surface area contributed by atoms with Gasteiger partial charge in [-0.3, -0.25) is 4.79 Å². The first-order valence-corrected chi connectivity index (χ1v) is 4.70. The summed E-state index contributed by atoms with van der Waals surface area (Å²) in [5, 5.41) is 8.67. The summed E-state index contributed by atoms with van der Waals surface area (Å²) in [5.41, 5.74) is 0.158. The van der Waals surface area contributed by atoms with Crippen molar-refractivity contribution in [1.82, 2.24) is 0 Å². The standard InChI is InChI=1S/C11H12F2O3/c1-16-6-7(4-11(14)15)9-3-2-8(12)5-10(9)13/h2-3,5,7H,4,6H2,1H3,(H,14,15). The fraction of sp³-hybridized carbons (Fsp3) is 0.364. The SMILES string of the molecule is COCC(CC(=O)O)c1ccc(F)cc1F. The highest BCUT2D eigenvalue weighted by molar-refractivity contribution is 5.68. The van der Waals surface area contributed by atoms with Gasteiger partial charge >= 0.3 is 5.97 Å². The van der Waals surface area contributed by atoms with Crippen LogP contribution in [0.5, 0.6) is 0 Å². The Hall–Kier alpha value is -1.49. The van der Waals surface area contributed by atoms with Crippen molar-refractivity contribution in [3.05, 3.63) is 35.4 Å². The molecule has 0 saturated carbocycles. The molecule has 3 nitrogen and oxygen atoms in total. The Morgan fingerprint density at radius 3 is 2.69 bits per heavy atom. The van der Waals surface area contributed by atoms with Gasteiger partial charge in [0.05, 0.1) is 13.0 Å². The lowest BCUT2D eigenvalue weighted by Crippen LogP contribution is -2.13. The molecule has 0 aliphatic heterocycles. The average Bonchev–Trinajstić information content (AvgIpc) is 2.16. The number of ether oxygens (including phenoxy) is 1. The number of rotatable bonds is 5. The largest absolute Gasteiger partial charge is 0.481 e. The molecule has 0 radical (unpaired) electrons. The van der Waals surface area contributed by atoms with E-state index >= 15 is 0 Å². The van der Waals surface area contributed by atoms with Gasteiger partial charge in [-0.2, -0.15) is 0 Å². The number of carboxylic acid groups (broad SMARTS) is 1. The number of aliphatic carboxylic acids is 1. The van der Waals surface area contributed by atoms with Crippen LogP contribution in [-0.4, -0.2) is 24.8 Å². The fourth-order valence-corrected chi connectivity index (χ4v) is 1.50. The molecule has 1 aromatic rings. The number of hydrogen-bond donors (Lipinski definition) is 1. The highest BCUT2D eigenvalue weighted by Gasteiger charge is 2.19. The summed E-state index contributed by atoms with van der Waals surface area (Å²) < 4.78 is 30.9. The van der Waals surface area contributed by atoms with Crippen molar-refractivity contribution in [3.63, 3.8) is 0 Å². The molecule has 1 unspecified atom stereocenters. The Balaban J connectivity index is 2.95. The van der Waals surface area contributed by atoms with Crippen LogP contribution in [0.3, 0.4) is 0 Å². The van der Waals surface area contributed by atoms with Crippen molar-refractivity contribution >= 4 is 5.97 Å². The molecule has 1 aromatic carbocycles. The molecule has 1 rings (SSSR count). The van der Waals surface area contributed by atoms with Gasteiger partial charge in [-0.05, 0) is 11.6 Å². The number of methoxy groups -OCH3 is 1. The summed E-state index contributed by atoms with van der Waals surface area (Å²) in [7, 11) is 1.40. The summed E-state index contributed by atoms with van der Waals surface area (Å²) in [6.45, 7) is 0.0782. The highest BCUT2D eigenvalue weighted by Crippen LogP contribution is 2.23. The van der Waals surface area contributed by atoms with Crippen molar-refractivity contribution in [2.75, 3.05) is 13.7 Å². The topological polar surface area (TPSA) is 46.5 Å². The summed E-state index contributed by atoms with van der Waals surface area (Å²) >= 11 is 0. The van der Waals surface area contributed by atoms with Gasteiger partial charge < -0.3 is 9.84 Å². The molecule has 0 bridgehead atoms. The predicted molar refractivity (Wildman–Crippen MR) is 53.2 cm³/mol. The molecule has 5 heteroatoms. The Kier molecular flexibility index (Phi) is 4.37. The van der Waals surface area contributed by atoms with E-state index in [0.29, 0.717) is 0 Å². The van der Waals surface area contributed by atoms with Crippen molar-refractivity contribution in [3.8, 4) is 0 Å². The van der Waals surface area contributed by atoms with E-state index < -0.39 is 23.5 Å². The Morgan fingerprint density at radius 1 is 1.50 bits per heavy atom. The fourth-order valence-electron chi connectivity index (χ4n) is 1.50. The van der Waals surface area contributed by atoms with Crippen LogP contribution < -0.4 is 0 Å². The zero-order valence-corrected chi connectivity index (χ0v) is 8.74. The smallest absolute Gasteiger partial charge is 0.304 e. The van der Waals surface area contributed by atoms with Gasteiger partial charge in [-0.25, -0.2) is 8.78 Å². The molecule has 0 aliphatic carbocycles. The minimum atomic E-state index is -1.05. The lowest BCUT2D eigenvalue weighted by molar-refractivity contribution is -0.137. The maximum atomic E-state index is 13.4. The quantitative estimate of drug-likeness (QED) is 0.843. The van der Waals surface area contributed by atoms with Gasteiger partial charge in [0.25, 0.3) is 0 Å². The average molecular weight is 230 g/mol. The van der Waals surface area contributed by atoms with Gasteiger partial charge in [-0.15, -0.1) is 0 Å². The molecule has 0 amide bonds. The maximum Gasteiger partial charge on any atom is 0.304 e. The van der Waals surface area contributed by atoms with Crippen LogP contribution in [-0.2, 0) is 9.53 Å². The van der Waals surface area contributed by atoms with Gasteiger partial charge in [0, 0.05) is 19.1 Å². The van der Waals surface area contributed by atoms with Crippen LogP contribution in [0.4, 0.5) is 8.78 Å². The van der Waals surface area contributed by atoms with Crippen LogP contribution in [0.15, 0.2) is 18.2 Å². The molecule has 0 spiro atoms. The second-order valence-corrected chi connectivity index (χ2v) is 3.42. The van der Waals surface area contributed by atoms with E-state index in [-0.39, 0.29) is 18.6 Å².